The molecule has 1 aromatic rings. The van der Waals surface area contributed by atoms with Gasteiger partial charge in [0.15, 0.2) is 5.78 Å². The number of benzene rings is 1. The Balaban J connectivity index is 1.47. The summed E-state index contributed by atoms with van der Waals surface area (Å²) in [6.07, 6.45) is -6.54. The number of allylic oxidation sites excluding steroid dienone is 1. The maximum Gasteiger partial charge on any atom is 0.460 e. The van der Waals surface area contributed by atoms with E-state index in [1.165, 1.54) is 0 Å². The molecule has 0 radical (unpaired) electrons. The van der Waals surface area contributed by atoms with Crippen LogP contribution in [0.15, 0.2) is 29.8 Å². The van der Waals surface area contributed by atoms with E-state index >= 15 is 0 Å². The summed E-state index contributed by atoms with van der Waals surface area (Å²) in [5, 5.41) is 2.50. The van der Waals surface area contributed by atoms with Crippen molar-refractivity contribution in [3.63, 3.8) is 0 Å². The normalized spacial score (nSPS) is 23.3. The molecule has 0 saturated heterocycles. The maximum absolute atomic E-state index is 13.9. The Hall–Kier alpha value is -2.46. The van der Waals surface area contributed by atoms with Gasteiger partial charge >= 0.3 is 35.8 Å². The number of carbonyl (C=O) groups is 2. The van der Waals surface area contributed by atoms with Crippen molar-refractivity contribution < 1.29 is 66.7 Å². The quantitative estimate of drug-likeness (QED) is 0.127. The number of halogens is 13. The molecule has 46 heavy (non-hydrogen) atoms. The highest BCUT2D eigenvalue weighted by Gasteiger charge is 2.90. The molecule has 2 bridgehead atoms. The van der Waals surface area contributed by atoms with E-state index in [0.29, 0.717) is 17.3 Å². The van der Waals surface area contributed by atoms with Crippen molar-refractivity contribution in [3.8, 4) is 0 Å². The Morgan fingerprint density at radius 3 is 1.89 bits per heavy atom. The molecule has 3 nitrogen and oxygen atoms in total. The molecule has 2 aliphatic rings. The molecule has 0 spiro atoms. The second-order valence-electron chi connectivity index (χ2n) is 12.2. The minimum absolute atomic E-state index is 0.0170. The summed E-state index contributed by atoms with van der Waals surface area (Å²) >= 11 is 0.327. The first-order valence-electron chi connectivity index (χ1n) is 13.8. The molecule has 2 aliphatic carbocycles. The standard InChI is InChI=1S/C29H30F13NO2S/c1-22(2)19-8-10-23(22,3)21(45)18(19)14-16-4-6-17(7-5-16)15-43-20(44)9-12-46-13-11-24(30,31)25(32,33)26(34,35)27(36,37)28(38,39)29(40,41)42/h4-7,14,19H,8-13,15H2,1-3H3,(H,43,44). The van der Waals surface area contributed by atoms with Crippen molar-refractivity contribution in [3.05, 3.63) is 41.0 Å². The van der Waals surface area contributed by atoms with E-state index in [1.807, 2.05) is 13.0 Å². The predicted molar refractivity (Wildman–Crippen MR) is 143 cm³/mol. The van der Waals surface area contributed by atoms with Gasteiger partial charge in [-0.05, 0) is 52.7 Å². The van der Waals surface area contributed by atoms with E-state index in [1.54, 1.807) is 24.3 Å². The van der Waals surface area contributed by atoms with Crippen LogP contribution in [0.5, 0.6) is 0 Å². The van der Waals surface area contributed by atoms with Crippen LogP contribution < -0.4 is 5.32 Å². The smallest absolute Gasteiger partial charge is 0.352 e. The van der Waals surface area contributed by atoms with Crippen LogP contribution in [0.3, 0.4) is 0 Å². The average Bonchev–Trinajstić information content (AvgIpc) is 3.24. The topological polar surface area (TPSA) is 46.2 Å². The molecule has 2 atom stereocenters. The zero-order valence-corrected chi connectivity index (χ0v) is 25.4. The van der Waals surface area contributed by atoms with Gasteiger partial charge in [0.1, 0.15) is 0 Å². The number of alkyl halides is 13. The number of nitrogens with one attached hydrogen (secondary N) is 1. The number of amides is 1. The number of hydrogen-bond donors (Lipinski definition) is 1. The molecule has 1 N–H and O–H groups in total. The van der Waals surface area contributed by atoms with Crippen LogP contribution in [-0.4, -0.2) is 59.0 Å². The van der Waals surface area contributed by atoms with Gasteiger partial charge in [-0.2, -0.15) is 68.8 Å². The maximum atomic E-state index is 13.9. The largest absolute Gasteiger partial charge is 0.460 e. The third-order valence-electron chi connectivity index (χ3n) is 9.19. The molecular formula is C29H30F13NO2S. The Bertz CT molecular complexity index is 1340. The van der Waals surface area contributed by atoms with Gasteiger partial charge in [-0.25, -0.2) is 0 Å². The van der Waals surface area contributed by atoms with Gasteiger partial charge in [0.2, 0.25) is 5.91 Å². The lowest BCUT2D eigenvalue weighted by atomic mass is 9.70. The zero-order chi connectivity index (χ0) is 35.4. The number of hydrogen-bond acceptors (Lipinski definition) is 3. The molecule has 3 rings (SSSR count). The van der Waals surface area contributed by atoms with Gasteiger partial charge < -0.3 is 5.32 Å². The monoisotopic (exact) mass is 703 g/mol. The number of Topliss-reactive ketones (excluding diaryl/α,β-unsaturated/α-hetero) is 1. The van der Waals surface area contributed by atoms with Crippen LogP contribution in [0.1, 0.15) is 57.6 Å². The minimum atomic E-state index is -7.92. The van der Waals surface area contributed by atoms with E-state index < -0.39 is 59.3 Å². The Morgan fingerprint density at radius 2 is 1.39 bits per heavy atom. The SMILES string of the molecule is CC12CCC(C(=Cc3ccc(CNC(=O)CCSCCC(F)(F)C(F)(F)C(F)(F)C(F)(F)C(F)(F)C(F)(F)F)cc3)C1=O)C2(C)C. The Labute approximate surface area is 259 Å². The van der Waals surface area contributed by atoms with Gasteiger partial charge in [-0.1, -0.05) is 45.0 Å². The fourth-order valence-electron chi connectivity index (χ4n) is 5.72. The van der Waals surface area contributed by atoms with Gasteiger partial charge in [-0.3, -0.25) is 9.59 Å². The molecule has 260 valence electrons. The zero-order valence-electron chi connectivity index (χ0n) is 24.6. The predicted octanol–water partition coefficient (Wildman–Crippen LogP) is 8.96. The lowest BCUT2D eigenvalue weighted by molar-refractivity contribution is -0.439. The molecule has 2 unspecified atom stereocenters. The van der Waals surface area contributed by atoms with Crippen LogP contribution in [0.4, 0.5) is 57.1 Å². The van der Waals surface area contributed by atoms with Crippen LogP contribution in [0.25, 0.3) is 6.08 Å². The molecule has 0 aromatic heterocycles. The first-order valence-corrected chi connectivity index (χ1v) is 15.0. The summed E-state index contributed by atoms with van der Waals surface area (Å²) in [5.41, 5.74) is 1.63. The van der Waals surface area contributed by atoms with Crippen LogP contribution in [0.2, 0.25) is 0 Å². The average molecular weight is 704 g/mol. The summed E-state index contributed by atoms with van der Waals surface area (Å²) in [5.74, 6) is -38.8. The van der Waals surface area contributed by atoms with Crippen molar-refractivity contribution in [1.82, 2.24) is 5.32 Å². The molecule has 1 amide bonds. The Morgan fingerprint density at radius 1 is 0.848 bits per heavy atom. The molecule has 2 fully saturated rings. The van der Waals surface area contributed by atoms with E-state index in [0.717, 1.165) is 24.0 Å². The van der Waals surface area contributed by atoms with E-state index in [4.69, 9.17) is 0 Å². The lowest BCUT2D eigenvalue weighted by Crippen LogP contribution is -2.70. The number of ketones is 1. The first kappa shape index (κ1) is 38.0. The third-order valence-corrected chi connectivity index (χ3v) is 10.2. The van der Waals surface area contributed by atoms with E-state index in [2.05, 4.69) is 19.2 Å². The highest BCUT2D eigenvalue weighted by Crippen LogP contribution is 2.66. The van der Waals surface area contributed by atoms with Crippen molar-refractivity contribution in [2.45, 2.75) is 88.8 Å². The van der Waals surface area contributed by atoms with Gasteiger partial charge in [0, 0.05) is 30.6 Å². The molecule has 0 aliphatic heterocycles. The molecular weight excluding hydrogens is 673 g/mol. The van der Waals surface area contributed by atoms with Crippen LogP contribution in [-0.2, 0) is 16.1 Å². The number of fused-ring (bicyclic) bond motifs is 2. The van der Waals surface area contributed by atoms with Gasteiger partial charge in [-0.15, -0.1) is 0 Å². The lowest BCUT2D eigenvalue weighted by Gasteiger charge is -2.39. The summed E-state index contributed by atoms with van der Waals surface area (Å²) in [4.78, 5) is 25.1. The summed E-state index contributed by atoms with van der Waals surface area (Å²) in [7, 11) is 0. The fraction of sp³-hybridized carbons (Fsp3) is 0.655. The second-order valence-corrected chi connectivity index (χ2v) is 13.4. The van der Waals surface area contributed by atoms with Gasteiger partial charge in [0.05, 0.1) is 0 Å². The van der Waals surface area contributed by atoms with Crippen molar-refractivity contribution in [2.24, 2.45) is 16.7 Å². The fourth-order valence-corrected chi connectivity index (χ4v) is 6.66. The third kappa shape index (κ3) is 6.13. The summed E-state index contributed by atoms with van der Waals surface area (Å²) < 4.78 is 171. The first-order chi connectivity index (χ1) is 20.7. The highest BCUT2D eigenvalue weighted by atomic mass is 32.2. The summed E-state index contributed by atoms with van der Waals surface area (Å²) in [6.45, 7) is 6.18. The number of rotatable bonds is 13. The van der Waals surface area contributed by atoms with Crippen molar-refractivity contribution in [1.29, 1.82) is 0 Å². The highest BCUT2D eigenvalue weighted by molar-refractivity contribution is 7.99. The second kappa shape index (κ2) is 12.2. The molecule has 2 saturated carbocycles. The van der Waals surface area contributed by atoms with Crippen molar-refractivity contribution in [2.75, 3.05) is 11.5 Å². The van der Waals surface area contributed by atoms with Crippen LogP contribution in [0, 0.1) is 16.7 Å². The van der Waals surface area contributed by atoms with E-state index in [9.17, 15) is 66.7 Å². The van der Waals surface area contributed by atoms with Gasteiger partial charge in [0.25, 0.3) is 0 Å². The Kier molecular flexibility index (Phi) is 10.1. The number of carbonyl (C=O) groups excluding carboxylic acids is 2. The molecule has 17 heteroatoms. The van der Waals surface area contributed by atoms with E-state index in [-0.39, 0.29) is 35.8 Å². The molecule has 0 heterocycles. The number of thioether (sulfide) groups is 1. The van der Waals surface area contributed by atoms with Crippen LogP contribution >= 0.6 is 11.8 Å². The van der Waals surface area contributed by atoms with Crippen molar-refractivity contribution >= 4 is 29.5 Å². The molecule has 1 aromatic carbocycles. The summed E-state index contributed by atoms with van der Waals surface area (Å²) in [6, 6.07) is 6.88. The minimum Gasteiger partial charge on any atom is -0.352 e.